The number of hydrogen-bond donors (Lipinski definition) is 1. The van der Waals surface area contributed by atoms with Crippen molar-refractivity contribution in [2.45, 2.75) is 51.7 Å². The number of rotatable bonds is 5. The second-order valence-electron chi connectivity index (χ2n) is 5.15. The number of thioether (sulfide) groups is 1. The standard InChI is InChI=1S/C13H24N2OS/c1-3-5-12-14-11(4-2)13(16)15(12)8-10-6-7-17-9-10/h10-12,14H,3-9H2,1-2H3. The summed E-state index contributed by atoms with van der Waals surface area (Å²) in [6.45, 7) is 5.25. The molecule has 2 aliphatic rings. The molecule has 3 atom stereocenters. The molecule has 3 unspecified atom stereocenters. The van der Waals surface area contributed by atoms with Gasteiger partial charge in [0.1, 0.15) is 0 Å². The van der Waals surface area contributed by atoms with E-state index < -0.39 is 0 Å². The van der Waals surface area contributed by atoms with Crippen LogP contribution in [0.3, 0.4) is 0 Å². The van der Waals surface area contributed by atoms with Crippen molar-refractivity contribution in [3.05, 3.63) is 0 Å². The third-order valence-corrected chi connectivity index (χ3v) is 5.03. The van der Waals surface area contributed by atoms with E-state index in [2.05, 4.69) is 24.1 Å². The Morgan fingerprint density at radius 1 is 1.47 bits per heavy atom. The minimum Gasteiger partial charge on any atom is -0.325 e. The summed E-state index contributed by atoms with van der Waals surface area (Å²) in [7, 11) is 0. The van der Waals surface area contributed by atoms with E-state index >= 15 is 0 Å². The van der Waals surface area contributed by atoms with Crippen LogP contribution in [-0.2, 0) is 4.79 Å². The van der Waals surface area contributed by atoms with Crippen LogP contribution in [0.2, 0.25) is 0 Å². The molecule has 1 amide bonds. The first-order chi connectivity index (χ1) is 8.26. The minimum absolute atomic E-state index is 0.0700. The SMILES string of the molecule is CCCC1NC(CC)C(=O)N1CC1CCSC1. The number of amides is 1. The third-order valence-electron chi connectivity index (χ3n) is 3.80. The van der Waals surface area contributed by atoms with Gasteiger partial charge in [-0.25, -0.2) is 0 Å². The van der Waals surface area contributed by atoms with E-state index in [9.17, 15) is 4.79 Å². The lowest BCUT2D eigenvalue weighted by atomic mass is 10.1. The molecule has 0 saturated carbocycles. The zero-order chi connectivity index (χ0) is 12.3. The summed E-state index contributed by atoms with van der Waals surface area (Å²) in [5, 5.41) is 3.48. The fraction of sp³-hybridized carbons (Fsp3) is 0.923. The molecule has 2 heterocycles. The van der Waals surface area contributed by atoms with Crippen molar-refractivity contribution in [1.82, 2.24) is 10.2 Å². The van der Waals surface area contributed by atoms with E-state index in [0.29, 0.717) is 12.1 Å². The Balaban J connectivity index is 1.97. The molecule has 17 heavy (non-hydrogen) atoms. The van der Waals surface area contributed by atoms with Crippen molar-refractivity contribution in [2.24, 2.45) is 5.92 Å². The van der Waals surface area contributed by atoms with Gasteiger partial charge < -0.3 is 4.90 Å². The highest BCUT2D eigenvalue weighted by Gasteiger charge is 2.38. The largest absolute Gasteiger partial charge is 0.325 e. The first-order valence-corrected chi connectivity index (χ1v) is 8.06. The monoisotopic (exact) mass is 256 g/mol. The van der Waals surface area contributed by atoms with E-state index in [4.69, 9.17) is 0 Å². The van der Waals surface area contributed by atoms with Crippen molar-refractivity contribution in [3.8, 4) is 0 Å². The molecule has 3 nitrogen and oxygen atoms in total. The molecule has 2 saturated heterocycles. The minimum atomic E-state index is 0.0700. The van der Waals surface area contributed by atoms with Gasteiger partial charge in [0, 0.05) is 6.54 Å². The molecule has 1 N–H and O–H groups in total. The molecule has 0 aromatic carbocycles. The Morgan fingerprint density at radius 3 is 2.88 bits per heavy atom. The van der Waals surface area contributed by atoms with Crippen LogP contribution >= 0.6 is 11.8 Å². The predicted octanol–water partition coefficient (Wildman–Crippen LogP) is 2.08. The van der Waals surface area contributed by atoms with E-state index in [1.54, 1.807) is 0 Å². The Hall–Kier alpha value is -0.220. The summed E-state index contributed by atoms with van der Waals surface area (Å²) in [4.78, 5) is 14.4. The molecule has 2 fully saturated rings. The molecule has 2 rings (SSSR count). The number of nitrogens with zero attached hydrogens (tertiary/aromatic N) is 1. The fourth-order valence-corrected chi connectivity index (χ4v) is 4.05. The third kappa shape index (κ3) is 2.97. The summed E-state index contributed by atoms with van der Waals surface area (Å²) in [5.74, 6) is 3.57. The quantitative estimate of drug-likeness (QED) is 0.817. The van der Waals surface area contributed by atoms with Crippen LogP contribution in [0.4, 0.5) is 0 Å². The van der Waals surface area contributed by atoms with Crippen molar-refractivity contribution in [2.75, 3.05) is 18.1 Å². The van der Waals surface area contributed by atoms with Gasteiger partial charge in [-0.3, -0.25) is 10.1 Å². The lowest BCUT2D eigenvalue weighted by Gasteiger charge is -2.26. The fourth-order valence-electron chi connectivity index (χ4n) is 2.78. The lowest BCUT2D eigenvalue weighted by Crippen LogP contribution is -2.40. The first-order valence-electron chi connectivity index (χ1n) is 6.90. The van der Waals surface area contributed by atoms with Crippen molar-refractivity contribution in [1.29, 1.82) is 0 Å². The van der Waals surface area contributed by atoms with E-state index in [0.717, 1.165) is 31.7 Å². The highest BCUT2D eigenvalue weighted by Crippen LogP contribution is 2.27. The predicted molar refractivity (Wildman–Crippen MR) is 73.1 cm³/mol. The molecule has 0 aliphatic carbocycles. The van der Waals surface area contributed by atoms with Gasteiger partial charge in [-0.1, -0.05) is 20.3 Å². The summed E-state index contributed by atoms with van der Waals surface area (Å²) in [6, 6.07) is 0.0700. The van der Waals surface area contributed by atoms with Crippen LogP contribution < -0.4 is 5.32 Å². The molecule has 0 bridgehead atoms. The molecular formula is C13H24N2OS. The molecule has 0 aromatic rings. The molecular weight excluding hydrogens is 232 g/mol. The molecule has 98 valence electrons. The number of nitrogens with one attached hydrogen (secondary N) is 1. The van der Waals surface area contributed by atoms with Crippen LogP contribution in [0, 0.1) is 5.92 Å². The van der Waals surface area contributed by atoms with Gasteiger partial charge >= 0.3 is 0 Å². The average molecular weight is 256 g/mol. The normalized spacial score (nSPS) is 33.6. The van der Waals surface area contributed by atoms with Crippen molar-refractivity contribution in [3.63, 3.8) is 0 Å². The van der Waals surface area contributed by atoms with Crippen LogP contribution in [0.25, 0.3) is 0 Å². The van der Waals surface area contributed by atoms with Gasteiger partial charge in [0.15, 0.2) is 0 Å². The van der Waals surface area contributed by atoms with E-state index in [1.165, 1.54) is 17.9 Å². The van der Waals surface area contributed by atoms with E-state index in [-0.39, 0.29) is 6.04 Å². The van der Waals surface area contributed by atoms with Gasteiger partial charge in [0.05, 0.1) is 12.2 Å². The van der Waals surface area contributed by atoms with Crippen LogP contribution in [0.15, 0.2) is 0 Å². The molecule has 4 heteroatoms. The summed E-state index contributed by atoms with van der Waals surface area (Å²) in [5.41, 5.74) is 0. The first kappa shape index (κ1) is 13.2. The highest BCUT2D eigenvalue weighted by atomic mass is 32.2. The molecule has 0 spiro atoms. The second kappa shape index (κ2) is 6.10. The Labute approximate surface area is 109 Å². The molecule has 0 aromatic heterocycles. The zero-order valence-corrected chi connectivity index (χ0v) is 11.8. The summed E-state index contributed by atoms with van der Waals surface area (Å²) >= 11 is 2.03. The average Bonchev–Trinajstić information content (AvgIpc) is 2.92. The smallest absolute Gasteiger partial charge is 0.241 e. The Morgan fingerprint density at radius 2 is 2.29 bits per heavy atom. The maximum Gasteiger partial charge on any atom is 0.241 e. The van der Waals surface area contributed by atoms with Crippen LogP contribution in [0.1, 0.15) is 39.5 Å². The maximum absolute atomic E-state index is 12.3. The van der Waals surface area contributed by atoms with Gasteiger partial charge in [-0.05, 0) is 36.7 Å². The number of carbonyl (C=O) groups is 1. The topological polar surface area (TPSA) is 32.3 Å². The van der Waals surface area contributed by atoms with Crippen molar-refractivity contribution >= 4 is 17.7 Å². The number of carbonyl (C=O) groups excluding carboxylic acids is 1. The van der Waals surface area contributed by atoms with Crippen molar-refractivity contribution < 1.29 is 4.79 Å². The zero-order valence-electron chi connectivity index (χ0n) is 10.9. The van der Waals surface area contributed by atoms with Gasteiger partial charge in [-0.15, -0.1) is 0 Å². The summed E-state index contributed by atoms with van der Waals surface area (Å²) < 4.78 is 0. The maximum atomic E-state index is 12.3. The number of hydrogen-bond acceptors (Lipinski definition) is 3. The highest BCUT2D eigenvalue weighted by molar-refractivity contribution is 7.99. The Bertz CT molecular complexity index is 266. The van der Waals surface area contributed by atoms with Crippen LogP contribution in [-0.4, -0.2) is 41.1 Å². The summed E-state index contributed by atoms with van der Waals surface area (Å²) in [6.07, 6.45) is 4.71. The molecule has 0 radical (unpaired) electrons. The Kier molecular flexibility index (Phi) is 4.74. The van der Waals surface area contributed by atoms with Crippen LogP contribution in [0.5, 0.6) is 0 Å². The van der Waals surface area contributed by atoms with Gasteiger partial charge in [-0.2, -0.15) is 11.8 Å². The lowest BCUT2D eigenvalue weighted by molar-refractivity contribution is -0.130. The second-order valence-corrected chi connectivity index (χ2v) is 6.30. The molecule has 2 aliphatic heterocycles. The van der Waals surface area contributed by atoms with E-state index in [1.807, 2.05) is 11.8 Å². The van der Waals surface area contributed by atoms with Gasteiger partial charge in [0.2, 0.25) is 5.91 Å². The van der Waals surface area contributed by atoms with Gasteiger partial charge in [0.25, 0.3) is 0 Å².